The second-order valence-corrected chi connectivity index (χ2v) is 5.77. The molecule has 0 fully saturated rings. The lowest BCUT2D eigenvalue weighted by atomic mass is 9.87. The van der Waals surface area contributed by atoms with E-state index in [-0.39, 0.29) is 5.41 Å². The highest BCUT2D eigenvalue weighted by Gasteiger charge is 2.12. The van der Waals surface area contributed by atoms with Crippen LogP contribution >= 0.6 is 0 Å². The molecular formula is C15H22N4. The summed E-state index contributed by atoms with van der Waals surface area (Å²) in [6.07, 6.45) is 1.86. The van der Waals surface area contributed by atoms with Gasteiger partial charge in [0.2, 0.25) is 5.96 Å². The predicted molar refractivity (Wildman–Crippen MR) is 80.8 cm³/mol. The van der Waals surface area contributed by atoms with Crippen molar-refractivity contribution >= 4 is 12.2 Å². The highest BCUT2D eigenvalue weighted by molar-refractivity contribution is 5.84. The van der Waals surface area contributed by atoms with Gasteiger partial charge in [0.1, 0.15) is 0 Å². The molecule has 1 N–H and O–H groups in total. The van der Waals surface area contributed by atoms with Crippen LogP contribution in [0.5, 0.6) is 0 Å². The van der Waals surface area contributed by atoms with E-state index in [9.17, 15) is 0 Å². The van der Waals surface area contributed by atoms with Crippen LogP contribution < -0.4 is 5.32 Å². The Morgan fingerprint density at radius 2 is 1.95 bits per heavy atom. The summed E-state index contributed by atoms with van der Waals surface area (Å²) < 4.78 is 0. The van der Waals surface area contributed by atoms with Gasteiger partial charge in [0, 0.05) is 13.6 Å². The van der Waals surface area contributed by atoms with Crippen LogP contribution in [0.25, 0.3) is 0 Å². The Morgan fingerprint density at radius 3 is 2.47 bits per heavy atom. The molecule has 0 aromatic heterocycles. The number of hydrogen-bond acceptors (Lipinski definition) is 4. The van der Waals surface area contributed by atoms with Gasteiger partial charge in [-0.2, -0.15) is 5.10 Å². The molecule has 1 aromatic carbocycles. The second kappa shape index (κ2) is 5.43. The third kappa shape index (κ3) is 3.56. The first-order valence-corrected chi connectivity index (χ1v) is 6.63. The molecule has 0 unspecified atom stereocenters. The molecule has 0 atom stereocenters. The van der Waals surface area contributed by atoms with Crippen LogP contribution in [0.1, 0.15) is 31.9 Å². The maximum absolute atomic E-state index is 4.38. The molecule has 0 aliphatic carbocycles. The zero-order valence-corrected chi connectivity index (χ0v) is 12.1. The Hall–Kier alpha value is -1.84. The molecule has 1 aromatic rings. The maximum Gasteiger partial charge on any atom is 0.214 e. The number of nitrogens with one attached hydrogen (secondary N) is 1. The lowest BCUT2D eigenvalue weighted by Gasteiger charge is -2.18. The zero-order chi connectivity index (χ0) is 13.9. The van der Waals surface area contributed by atoms with E-state index < -0.39 is 0 Å². The molecule has 0 amide bonds. The van der Waals surface area contributed by atoms with Crippen LogP contribution in [0.15, 0.2) is 34.4 Å². The van der Waals surface area contributed by atoms with Gasteiger partial charge < -0.3 is 5.32 Å². The average molecular weight is 258 g/mol. The number of guanidine groups is 1. The number of rotatable bonds is 2. The highest BCUT2D eigenvalue weighted by Crippen LogP contribution is 2.21. The molecule has 0 saturated carbocycles. The van der Waals surface area contributed by atoms with E-state index in [1.165, 1.54) is 5.56 Å². The number of aliphatic imine (C=N–C) groups is 1. The fraction of sp³-hybridized carbons (Fsp3) is 0.467. The lowest BCUT2D eigenvalue weighted by Crippen LogP contribution is -2.32. The fourth-order valence-corrected chi connectivity index (χ4v) is 1.88. The highest BCUT2D eigenvalue weighted by atomic mass is 15.5. The SMILES string of the molecule is CN(N=Cc1ccc(C(C)(C)C)cc1)C1=NCCN1. The lowest BCUT2D eigenvalue weighted by molar-refractivity contribution is 0.530. The van der Waals surface area contributed by atoms with Crippen LogP contribution in [0.4, 0.5) is 0 Å². The van der Waals surface area contributed by atoms with Gasteiger partial charge >= 0.3 is 0 Å². The van der Waals surface area contributed by atoms with E-state index in [0.717, 1.165) is 24.6 Å². The van der Waals surface area contributed by atoms with Crippen molar-refractivity contribution in [1.29, 1.82) is 0 Å². The number of nitrogens with zero attached hydrogens (tertiary/aromatic N) is 3. The molecule has 1 aliphatic heterocycles. The summed E-state index contributed by atoms with van der Waals surface area (Å²) in [7, 11) is 1.90. The largest absolute Gasteiger partial charge is 0.353 e. The third-order valence-electron chi connectivity index (χ3n) is 3.12. The summed E-state index contributed by atoms with van der Waals surface area (Å²) in [5.41, 5.74) is 2.62. The van der Waals surface area contributed by atoms with E-state index in [4.69, 9.17) is 0 Å². The van der Waals surface area contributed by atoms with Gasteiger partial charge in [0.15, 0.2) is 0 Å². The summed E-state index contributed by atoms with van der Waals surface area (Å²) in [4.78, 5) is 4.31. The number of benzene rings is 1. The Kier molecular flexibility index (Phi) is 3.88. The van der Waals surface area contributed by atoms with Gasteiger partial charge in [0.25, 0.3) is 0 Å². The predicted octanol–water partition coefficient (Wildman–Crippen LogP) is 2.21. The molecule has 1 heterocycles. The van der Waals surface area contributed by atoms with Crippen LogP contribution in [-0.2, 0) is 5.41 Å². The Morgan fingerprint density at radius 1 is 1.26 bits per heavy atom. The standard InChI is InChI=1S/C15H22N4/c1-15(2,3)13-7-5-12(6-8-13)11-18-19(4)14-16-9-10-17-14/h5-8,11H,9-10H2,1-4H3,(H,16,17). The molecular weight excluding hydrogens is 236 g/mol. The smallest absolute Gasteiger partial charge is 0.214 e. The van der Waals surface area contributed by atoms with Gasteiger partial charge in [-0.3, -0.25) is 0 Å². The zero-order valence-electron chi connectivity index (χ0n) is 12.1. The van der Waals surface area contributed by atoms with Crippen LogP contribution in [0, 0.1) is 0 Å². The molecule has 0 radical (unpaired) electrons. The minimum Gasteiger partial charge on any atom is -0.353 e. The van der Waals surface area contributed by atoms with Gasteiger partial charge in [-0.15, -0.1) is 0 Å². The fourth-order valence-electron chi connectivity index (χ4n) is 1.88. The first kappa shape index (κ1) is 13.6. The number of hydrazone groups is 1. The summed E-state index contributed by atoms with van der Waals surface area (Å²) in [6, 6.07) is 8.52. The van der Waals surface area contributed by atoms with Crippen molar-refractivity contribution in [3.63, 3.8) is 0 Å². The summed E-state index contributed by atoms with van der Waals surface area (Å²) in [6.45, 7) is 8.38. The van der Waals surface area contributed by atoms with Gasteiger partial charge in [-0.1, -0.05) is 45.0 Å². The van der Waals surface area contributed by atoms with Crippen molar-refractivity contribution in [1.82, 2.24) is 10.3 Å². The first-order chi connectivity index (χ1) is 8.97. The van der Waals surface area contributed by atoms with Crippen LogP contribution in [0.3, 0.4) is 0 Å². The first-order valence-electron chi connectivity index (χ1n) is 6.63. The summed E-state index contributed by atoms with van der Waals surface area (Å²) in [5.74, 6) is 0.836. The van der Waals surface area contributed by atoms with Crippen molar-refractivity contribution in [3.8, 4) is 0 Å². The molecule has 2 rings (SSSR count). The quantitative estimate of drug-likeness (QED) is 0.652. The minimum absolute atomic E-state index is 0.189. The molecule has 4 heteroatoms. The minimum atomic E-state index is 0.189. The monoisotopic (exact) mass is 258 g/mol. The van der Waals surface area contributed by atoms with E-state index in [1.54, 1.807) is 5.01 Å². The Bertz CT molecular complexity index is 480. The van der Waals surface area contributed by atoms with E-state index >= 15 is 0 Å². The van der Waals surface area contributed by atoms with Gasteiger partial charge in [0.05, 0.1) is 12.8 Å². The molecule has 4 nitrogen and oxygen atoms in total. The van der Waals surface area contributed by atoms with Gasteiger partial charge in [-0.25, -0.2) is 10.0 Å². The molecule has 0 saturated heterocycles. The van der Waals surface area contributed by atoms with Crippen molar-refractivity contribution < 1.29 is 0 Å². The summed E-state index contributed by atoms with van der Waals surface area (Å²) in [5, 5.41) is 9.34. The molecule has 19 heavy (non-hydrogen) atoms. The van der Waals surface area contributed by atoms with E-state index in [2.05, 4.69) is 60.4 Å². The van der Waals surface area contributed by atoms with Crippen molar-refractivity contribution in [3.05, 3.63) is 35.4 Å². The van der Waals surface area contributed by atoms with Crippen molar-refractivity contribution in [2.24, 2.45) is 10.1 Å². The topological polar surface area (TPSA) is 40.0 Å². The van der Waals surface area contributed by atoms with Gasteiger partial charge in [-0.05, 0) is 16.5 Å². The summed E-state index contributed by atoms with van der Waals surface area (Å²) >= 11 is 0. The third-order valence-corrected chi connectivity index (χ3v) is 3.12. The van der Waals surface area contributed by atoms with Crippen LogP contribution in [0.2, 0.25) is 0 Å². The molecule has 1 aliphatic rings. The molecule has 102 valence electrons. The molecule has 0 spiro atoms. The Labute approximate surface area is 115 Å². The second-order valence-electron chi connectivity index (χ2n) is 5.77. The molecule has 0 bridgehead atoms. The normalized spacial score (nSPS) is 15.5. The van der Waals surface area contributed by atoms with Crippen molar-refractivity contribution in [2.75, 3.05) is 20.1 Å². The Balaban J connectivity index is 2.03. The number of hydrogen-bond donors (Lipinski definition) is 1. The van der Waals surface area contributed by atoms with E-state index in [1.807, 2.05) is 13.3 Å². The average Bonchev–Trinajstić information content (AvgIpc) is 2.89. The van der Waals surface area contributed by atoms with E-state index in [0.29, 0.717) is 0 Å². The maximum atomic E-state index is 4.38. The van der Waals surface area contributed by atoms with Crippen molar-refractivity contribution in [2.45, 2.75) is 26.2 Å². The van der Waals surface area contributed by atoms with Crippen LogP contribution in [-0.4, -0.2) is 37.3 Å².